The maximum absolute atomic E-state index is 12.8. The van der Waals surface area contributed by atoms with Crippen molar-refractivity contribution in [3.63, 3.8) is 0 Å². The second-order valence-corrected chi connectivity index (χ2v) is 15.8. The van der Waals surface area contributed by atoms with Gasteiger partial charge in [-0.15, -0.1) is 9.81 Å². The topological polar surface area (TPSA) is 121 Å². The molecule has 4 rings (SSSR count). The lowest BCUT2D eigenvalue weighted by molar-refractivity contribution is -0.158. The Hall–Kier alpha value is -2.14. The lowest BCUT2D eigenvalue weighted by Crippen LogP contribution is -2.45. The average molecular weight is 593 g/mol. The van der Waals surface area contributed by atoms with Crippen LogP contribution in [0.15, 0.2) is 21.3 Å². The molecule has 1 aromatic carbocycles. The van der Waals surface area contributed by atoms with E-state index in [-0.39, 0.29) is 30.3 Å². The van der Waals surface area contributed by atoms with E-state index < -0.39 is 15.5 Å². The molecule has 0 unspecified atom stereocenters. The number of esters is 2. The summed E-state index contributed by atoms with van der Waals surface area (Å²) in [6.07, 6.45) is 5.81. The fourth-order valence-electron chi connectivity index (χ4n) is 7.28. The molecule has 2 saturated carbocycles. The molecule has 0 heterocycles. The van der Waals surface area contributed by atoms with E-state index in [9.17, 15) is 19.4 Å². The summed E-state index contributed by atoms with van der Waals surface area (Å²) in [5.41, 5.74) is 2.37. The summed E-state index contributed by atoms with van der Waals surface area (Å²) in [6.45, 7) is 9.50. The molecule has 5 atom stereocenters. The van der Waals surface area contributed by atoms with Crippen LogP contribution < -0.4 is 9.47 Å². The van der Waals surface area contributed by atoms with Gasteiger partial charge < -0.3 is 14.2 Å². The van der Waals surface area contributed by atoms with E-state index in [2.05, 4.69) is 16.1 Å². The standard InChI is InChI=1S/C29H40N2O7S2/c1-27(2,39-30-34)15-25(32)37-23-13-17-7-8-19-18(20(17)14-22(23)36-6)11-12-29(5)21(19)9-10-24(29)38-26(33)16-28(3,4)40-31-35/h13-14,18-19,21,24H,7-12,15-16H2,1-6H3/t18-,19+,21-,24-,29-/m0/s1. The van der Waals surface area contributed by atoms with Crippen LogP contribution in [0.5, 0.6) is 11.5 Å². The van der Waals surface area contributed by atoms with Gasteiger partial charge in [-0.2, -0.15) is 0 Å². The largest absolute Gasteiger partial charge is 0.493 e. The van der Waals surface area contributed by atoms with Crippen LogP contribution in [-0.2, 0) is 20.7 Å². The van der Waals surface area contributed by atoms with Crippen molar-refractivity contribution in [1.29, 1.82) is 0 Å². The second-order valence-electron chi connectivity index (χ2n) is 12.9. The van der Waals surface area contributed by atoms with E-state index >= 15 is 0 Å². The van der Waals surface area contributed by atoms with Crippen LogP contribution in [0.2, 0.25) is 0 Å². The molecule has 3 aliphatic rings. The van der Waals surface area contributed by atoms with E-state index in [0.717, 1.165) is 62.4 Å². The van der Waals surface area contributed by atoms with Crippen LogP contribution in [0.1, 0.15) is 96.6 Å². The van der Waals surface area contributed by atoms with E-state index in [1.54, 1.807) is 21.0 Å². The normalized spacial score (nSPS) is 27.6. The third kappa shape index (κ3) is 6.50. The summed E-state index contributed by atoms with van der Waals surface area (Å²) in [6, 6.07) is 3.99. The minimum Gasteiger partial charge on any atom is -0.493 e. The molecule has 0 spiro atoms. The molecule has 0 aliphatic heterocycles. The van der Waals surface area contributed by atoms with E-state index in [4.69, 9.17) is 14.2 Å². The number of nitroso groups, excluding NO2 is 2. The summed E-state index contributed by atoms with van der Waals surface area (Å²) < 4.78 is 22.0. The molecule has 9 nitrogen and oxygen atoms in total. The van der Waals surface area contributed by atoms with Crippen molar-refractivity contribution >= 4 is 35.8 Å². The first-order valence-corrected chi connectivity index (χ1v) is 15.5. The first-order valence-electron chi connectivity index (χ1n) is 13.9. The van der Waals surface area contributed by atoms with Crippen molar-refractivity contribution in [2.75, 3.05) is 7.11 Å². The predicted molar refractivity (Wildman–Crippen MR) is 157 cm³/mol. The van der Waals surface area contributed by atoms with Crippen LogP contribution in [0, 0.1) is 27.1 Å². The van der Waals surface area contributed by atoms with Crippen LogP contribution >= 0.6 is 23.9 Å². The molecule has 11 heteroatoms. The van der Waals surface area contributed by atoms with Crippen molar-refractivity contribution in [2.24, 2.45) is 26.4 Å². The molecule has 0 amide bonds. The zero-order valence-electron chi connectivity index (χ0n) is 24.2. The van der Waals surface area contributed by atoms with Gasteiger partial charge in [0.15, 0.2) is 11.5 Å². The number of carbonyl (C=O) groups is 2. The van der Waals surface area contributed by atoms with Gasteiger partial charge in [0.05, 0.1) is 20.0 Å². The monoisotopic (exact) mass is 592 g/mol. The number of aryl methyl sites for hydroxylation is 1. The lowest BCUT2D eigenvalue weighted by atomic mass is 9.55. The Morgan fingerprint density at radius 2 is 1.60 bits per heavy atom. The molecular weight excluding hydrogens is 552 g/mol. The van der Waals surface area contributed by atoms with E-state index in [1.165, 1.54) is 11.1 Å². The first kappa shape index (κ1) is 30.8. The molecule has 2 fully saturated rings. The van der Waals surface area contributed by atoms with E-state index in [0.29, 0.717) is 29.3 Å². The molecule has 0 N–H and O–H groups in total. The van der Waals surface area contributed by atoms with Crippen molar-refractivity contribution < 1.29 is 23.8 Å². The molecule has 220 valence electrons. The number of carbonyl (C=O) groups excluding carboxylic acids is 2. The van der Waals surface area contributed by atoms with Crippen molar-refractivity contribution in [2.45, 2.75) is 108 Å². The second kappa shape index (κ2) is 12.0. The van der Waals surface area contributed by atoms with Gasteiger partial charge in [-0.25, -0.2) is 0 Å². The summed E-state index contributed by atoms with van der Waals surface area (Å²) in [7, 11) is 1.58. The zero-order valence-corrected chi connectivity index (χ0v) is 25.8. The number of hydrogen-bond donors (Lipinski definition) is 0. The van der Waals surface area contributed by atoms with Gasteiger partial charge in [-0.05, 0) is 107 Å². The van der Waals surface area contributed by atoms with Gasteiger partial charge in [-0.3, -0.25) is 9.59 Å². The number of methoxy groups -OCH3 is 1. The number of rotatable bonds is 11. The number of fused-ring (bicyclic) bond motifs is 5. The highest BCUT2D eigenvalue weighted by Crippen LogP contribution is 2.62. The third-order valence-electron chi connectivity index (χ3n) is 9.13. The highest BCUT2D eigenvalue weighted by atomic mass is 32.2. The molecule has 0 bridgehead atoms. The van der Waals surface area contributed by atoms with Gasteiger partial charge in [0.2, 0.25) is 0 Å². The van der Waals surface area contributed by atoms with Crippen molar-refractivity contribution in [3.05, 3.63) is 33.1 Å². The van der Waals surface area contributed by atoms with Crippen molar-refractivity contribution in [1.82, 2.24) is 0 Å². The molecule has 3 aliphatic carbocycles. The van der Waals surface area contributed by atoms with Crippen molar-refractivity contribution in [3.8, 4) is 11.5 Å². The maximum atomic E-state index is 12.8. The van der Waals surface area contributed by atoms with Gasteiger partial charge in [0.1, 0.15) is 6.10 Å². The molecule has 1 aromatic rings. The Kier molecular flexibility index (Phi) is 9.24. The average Bonchev–Trinajstić information content (AvgIpc) is 3.18. The predicted octanol–water partition coefficient (Wildman–Crippen LogP) is 7.54. The molecular formula is C29H40N2O7S2. The Labute approximate surface area is 244 Å². The smallest absolute Gasteiger partial charge is 0.312 e. The van der Waals surface area contributed by atoms with Gasteiger partial charge in [-0.1, -0.05) is 6.92 Å². The maximum Gasteiger partial charge on any atom is 0.312 e. The van der Waals surface area contributed by atoms with Crippen LogP contribution in [0.25, 0.3) is 0 Å². The lowest BCUT2D eigenvalue weighted by Gasteiger charge is -2.50. The Morgan fingerprint density at radius 3 is 2.23 bits per heavy atom. The number of hydrogen-bond acceptors (Lipinski definition) is 11. The van der Waals surface area contributed by atoms with E-state index in [1.807, 2.05) is 26.0 Å². The Morgan fingerprint density at radius 1 is 0.950 bits per heavy atom. The zero-order chi connectivity index (χ0) is 29.3. The SMILES string of the molecule is COc1cc2c(cc1OC(=O)CC(C)(C)SN=O)CC[C@@H]1[C@@H]2CC[C@]2(C)[C@@H](OC(=O)CC(C)(C)SN=O)CC[C@@H]12. The number of ether oxygens (including phenoxy) is 3. The minimum atomic E-state index is -0.655. The fourth-order valence-corrected chi connectivity index (χ4v) is 8.05. The number of nitrogens with zero attached hydrogens (tertiary/aromatic N) is 2. The van der Waals surface area contributed by atoms with Crippen LogP contribution in [0.3, 0.4) is 0 Å². The summed E-state index contributed by atoms with van der Waals surface area (Å²) in [5, 5.41) is 0. The Bertz CT molecular complexity index is 1160. The van der Waals surface area contributed by atoms with Gasteiger partial charge >= 0.3 is 11.9 Å². The minimum absolute atomic E-state index is 0.0463. The summed E-state index contributed by atoms with van der Waals surface area (Å²) in [5.74, 6) is 1.54. The van der Waals surface area contributed by atoms with Crippen LogP contribution in [-0.4, -0.2) is 34.6 Å². The highest BCUT2D eigenvalue weighted by Gasteiger charge is 2.56. The van der Waals surface area contributed by atoms with Crippen LogP contribution in [0.4, 0.5) is 0 Å². The first-order chi connectivity index (χ1) is 18.8. The fraction of sp³-hybridized carbons (Fsp3) is 0.724. The van der Waals surface area contributed by atoms with Gasteiger partial charge in [0.25, 0.3) is 0 Å². The van der Waals surface area contributed by atoms with Gasteiger partial charge in [0, 0.05) is 48.0 Å². The summed E-state index contributed by atoms with van der Waals surface area (Å²) >= 11 is 1.70. The number of benzene rings is 1. The Balaban J connectivity index is 1.48. The molecule has 0 radical (unpaired) electrons. The quantitative estimate of drug-likeness (QED) is 0.111. The molecule has 40 heavy (non-hydrogen) atoms. The summed E-state index contributed by atoms with van der Waals surface area (Å²) in [4.78, 5) is 46.8. The molecule has 0 aromatic heterocycles. The highest BCUT2D eigenvalue weighted by molar-refractivity contribution is 7.99. The molecule has 0 saturated heterocycles. The third-order valence-corrected chi connectivity index (χ3v) is 10.6.